The molecule has 30 heavy (non-hydrogen) atoms. The first-order chi connectivity index (χ1) is 14.4. The number of fused-ring (bicyclic) bond motifs is 3. The normalized spacial score (nSPS) is 51.1. The summed E-state index contributed by atoms with van der Waals surface area (Å²) in [5, 5.41) is 0. The highest BCUT2D eigenvalue weighted by Gasteiger charge is 2.80. The SMILES string of the molecule is C[C@]12CC[C@H](OC=O)C[C@H]1CC[C@@H]1[C@H]2CC[C@]2(C)[C@@H](c3ccc(=O)oc3)C[C@H]3O[C@]132. The molecule has 5 fully saturated rings. The predicted molar refractivity (Wildman–Crippen MR) is 110 cm³/mol. The fraction of sp³-hybridized carbons (Fsp3) is 0.760. The van der Waals surface area contributed by atoms with Crippen LogP contribution < -0.4 is 5.63 Å². The molecular weight excluding hydrogens is 380 g/mol. The Morgan fingerprint density at radius 2 is 1.93 bits per heavy atom. The van der Waals surface area contributed by atoms with Gasteiger partial charge in [0.25, 0.3) is 6.47 Å². The average Bonchev–Trinajstić information content (AvgIpc) is 3.39. The molecule has 6 rings (SSSR count). The molecule has 0 radical (unpaired) electrons. The molecule has 5 heteroatoms. The number of ether oxygens (including phenoxy) is 2. The van der Waals surface area contributed by atoms with Crippen molar-refractivity contribution in [1.29, 1.82) is 0 Å². The van der Waals surface area contributed by atoms with Crippen molar-refractivity contribution in [3.8, 4) is 0 Å². The topological polar surface area (TPSA) is 69.0 Å². The highest BCUT2D eigenvalue weighted by atomic mass is 16.6. The van der Waals surface area contributed by atoms with Gasteiger partial charge in [-0.3, -0.25) is 4.79 Å². The van der Waals surface area contributed by atoms with Crippen LogP contribution in [-0.4, -0.2) is 24.3 Å². The second-order valence-corrected chi connectivity index (χ2v) is 11.2. The van der Waals surface area contributed by atoms with Crippen molar-refractivity contribution in [2.24, 2.45) is 28.6 Å². The summed E-state index contributed by atoms with van der Waals surface area (Å²) in [5.74, 6) is 2.37. The van der Waals surface area contributed by atoms with Gasteiger partial charge < -0.3 is 13.9 Å². The van der Waals surface area contributed by atoms with Gasteiger partial charge in [0.2, 0.25) is 0 Å². The molecule has 0 unspecified atom stereocenters. The van der Waals surface area contributed by atoms with Crippen LogP contribution in [0.3, 0.4) is 0 Å². The molecule has 4 saturated carbocycles. The van der Waals surface area contributed by atoms with E-state index in [4.69, 9.17) is 13.9 Å². The lowest BCUT2D eigenvalue weighted by molar-refractivity contribution is -0.154. The molecule has 5 nitrogen and oxygen atoms in total. The van der Waals surface area contributed by atoms with Gasteiger partial charge in [-0.1, -0.05) is 13.8 Å². The Bertz CT molecular complexity index is 904. The second-order valence-electron chi connectivity index (χ2n) is 11.2. The zero-order chi connectivity index (χ0) is 20.7. The van der Waals surface area contributed by atoms with Crippen LogP contribution >= 0.6 is 0 Å². The zero-order valence-electron chi connectivity index (χ0n) is 18.0. The Balaban J connectivity index is 1.30. The van der Waals surface area contributed by atoms with Gasteiger partial charge >= 0.3 is 5.63 Å². The van der Waals surface area contributed by atoms with Crippen molar-refractivity contribution in [3.63, 3.8) is 0 Å². The summed E-state index contributed by atoms with van der Waals surface area (Å²) in [6.07, 6.45) is 11.2. The number of carbonyl (C=O) groups is 1. The number of rotatable bonds is 3. The van der Waals surface area contributed by atoms with Crippen LogP contribution in [0, 0.1) is 28.6 Å². The molecule has 0 aromatic carbocycles. The fourth-order valence-corrected chi connectivity index (χ4v) is 8.92. The summed E-state index contributed by atoms with van der Waals surface area (Å²) < 4.78 is 17.2. The second kappa shape index (κ2) is 6.21. The van der Waals surface area contributed by atoms with Crippen LogP contribution in [0.2, 0.25) is 0 Å². The largest absolute Gasteiger partial charge is 0.465 e. The first kappa shape index (κ1) is 19.1. The van der Waals surface area contributed by atoms with Crippen molar-refractivity contribution in [2.45, 2.75) is 88.9 Å². The van der Waals surface area contributed by atoms with E-state index in [0.29, 0.717) is 41.7 Å². The maximum Gasteiger partial charge on any atom is 0.335 e. The summed E-state index contributed by atoms with van der Waals surface area (Å²) >= 11 is 0. The average molecular weight is 413 g/mol. The van der Waals surface area contributed by atoms with Gasteiger partial charge in [0, 0.05) is 11.5 Å². The molecule has 5 aliphatic rings. The number of epoxide rings is 1. The summed E-state index contributed by atoms with van der Waals surface area (Å²) in [6.45, 7) is 5.59. The van der Waals surface area contributed by atoms with Crippen molar-refractivity contribution in [2.75, 3.05) is 0 Å². The van der Waals surface area contributed by atoms with E-state index in [2.05, 4.69) is 13.8 Å². The van der Waals surface area contributed by atoms with Crippen molar-refractivity contribution >= 4 is 6.47 Å². The monoisotopic (exact) mass is 412 g/mol. The van der Waals surface area contributed by atoms with E-state index < -0.39 is 0 Å². The summed E-state index contributed by atoms with van der Waals surface area (Å²) in [6, 6.07) is 3.53. The molecule has 0 N–H and O–H groups in total. The number of carbonyl (C=O) groups excluding carboxylic acids is 1. The van der Waals surface area contributed by atoms with E-state index in [1.165, 1.54) is 25.7 Å². The molecule has 1 saturated heterocycles. The Morgan fingerprint density at radius 1 is 1.07 bits per heavy atom. The molecule has 2 heterocycles. The van der Waals surface area contributed by atoms with Crippen LogP contribution in [0.15, 0.2) is 27.6 Å². The van der Waals surface area contributed by atoms with Crippen LogP contribution in [0.25, 0.3) is 0 Å². The van der Waals surface area contributed by atoms with Gasteiger partial charge in [0.15, 0.2) is 0 Å². The van der Waals surface area contributed by atoms with Gasteiger partial charge in [-0.25, -0.2) is 4.79 Å². The van der Waals surface area contributed by atoms with Gasteiger partial charge in [0.1, 0.15) is 11.7 Å². The summed E-state index contributed by atoms with van der Waals surface area (Å²) in [5.41, 5.74) is 1.33. The van der Waals surface area contributed by atoms with Crippen molar-refractivity contribution < 1.29 is 18.7 Å². The lowest BCUT2D eigenvalue weighted by atomic mass is 9.44. The van der Waals surface area contributed by atoms with Crippen LogP contribution in [0.4, 0.5) is 0 Å². The molecule has 1 aromatic heterocycles. The minimum Gasteiger partial charge on any atom is -0.465 e. The first-order valence-corrected chi connectivity index (χ1v) is 11.8. The fourth-order valence-electron chi connectivity index (χ4n) is 8.92. The molecule has 9 atom stereocenters. The van der Waals surface area contributed by atoms with E-state index in [-0.39, 0.29) is 22.7 Å². The van der Waals surface area contributed by atoms with Crippen LogP contribution in [-0.2, 0) is 14.3 Å². The smallest absolute Gasteiger partial charge is 0.335 e. The van der Waals surface area contributed by atoms with E-state index in [9.17, 15) is 9.59 Å². The quantitative estimate of drug-likeness (QED) is 0.542. The number of hydrogen-bond donors (Lipinski definition) is 0. The minimum absolute atomic E-state index is 0.000838. The Labute approximate surface area is 177 Å². The van der Waals surface area contributed by atoms with E-state index in [1.54, 1.807) is 12.3 Å². The molecule has 1 aliphatic heterocycles. The maximum atomic E-state index is 11.5. The third-order valence-corrected chi connectivity index (χ3v) is 10.4. The molecule has 4 aliphatic carbocycles. The summed E-state index contributed by atoms with van der Waals surface area (Å²) in [7, 11) is 0. The van der Waals surface area contributed by atoms with Crippen molar-refractivity contribution in [3.05, 3.63) is 34.4 Å². The van der Waals surface area contributed by atoms with E-state index in [1.807, 2.05) is 6.07 Å². The third kappa shape index (κ3) is 2.28. The molecule has 162 valence electrons. The van der Waals surface area contributed by atoms with Gasteiger partial charge in [0.05, 0.1) is 12.4 Å². The Kier molecular flexibility index (Phi) is 3.95. The minimum atomic E-state index is -0.276. The molecule has 1 aromatic rings. The lowest BCUT2D eigenvalue weighted by Crippen LogP contribution is -2.58. The van der Waals surface area contributed by atoms with Gasteiger partial charge in [-0.2, -0.15) is 0 Å². The van der Waals surface area contributed by atoms with Crippen LogP contribution in [0.5, 0.6) is 0 Å². The van der Waals surface area contributed by atoms with Gasteiger partial charge in [-0.05, 0) is 92.1 Å². The predicted octanol–water partition coefficient (Wildman–Crippen LogP) is 4.44. The van der Waals surface area contributed by atoms with E-state index >= 15 is 0 Å². The molecule has 0 amide bonds. The maximum absolute atomic E-state index is 11.5. The van der Waals surface area contributed by atoms with Gasteiger partial charge in [-0.15, -0.1) is 0 Å². The Morgan fingerprint density at radius 3 is 2.70 bits per heavy atom. The Hall–Kier alpha value is -1.62. The van der Waals surface area contributed by atoms with Crippen molar-refractivity contribution in [1.82, 2.24) is 0 Å². The molecular formula is C25H32O5. The summed E-state index contributed by atoms with van der Waals surface area (Å²) in [4.78, 5) is 22.3. The molecule has 1 spiro atoms. The molecule has 0 bridgehead atoms. The lowest BCUT2D eigenvalue weighted by Gasteiger charge is -2.61. The first-order valence-electron chi connectivity index (χ1n) is 11.8. The van der Waals surface area contributed by atoms with Crippen LogP contribution in [0.1, 0.15) is 76.7 Å². The number of hydrogen-bond acceptors (Lipinski definition) is 5. The standard InChI is InChI=1S/C25H32O5/c1-23-9-7-17(29-14-26)11-16(23)4-5-19-18(23)8-10-24(2)20(12-21-25(19,24)30-21)15-3-6-22(27)28-13-15/h3,6,13-14,16-21H,4-5,7-12H2,1-2H3/t16-,17+,18-,19-,20-,21-,23+,24-,25-/m1/s1. The van der Waals surface area contributed by atoms with E-state index in [0.717, 1.165) is 31.2 Å². The highest BCUT2D eigenvalue weighted by Crippen LogP contribution is 2.77. The highest BCUT2D eigenvalue weighted by molar-refractivity contribution is 5.38. The third-order valence-electron chi connectivity index (χ3n) is 10.4. The zero-order valence-corrected chi connectivity index (χ0v) is 18.0.